The quantitative estimate of drug-likeness (QED) is 0.442. The van der Waals surface area contributed by atoms with E-state index in [1.165, 1.54) is 29.5 Å². The van der Waals surface area contributed by atoms with Gasteiger partial charge in [0.1, 0.15) is 34.7 Å². The van der Waals surface area contributed by atoms with Gasteiger partial charge < -0.3 is 10.1 Å². The van der Waals surface area contributed by atoms with E-state index >= 15 is 0 Å². The van der Waals surface area contributed by atoms with Crippen LogP contribution < -0.4 is 10.1 Å². The van der Waals surface area contributed by atoms with Crippen LogP contribution in [0.15, 0.2) is 72.4 Å². The number of halogens is 2. The van der Waals surface area contributed by atoms with Gasteiger partial charge in [-0.1, -0.05) is 12.1 Å². The van der Waals surface area contributed by atoms with Crippen molar-refractivity contribution in [3.05, 3.63) is 101 Å². The Labute approximate surface area is 181 Å². The van der Waals surface area contributed by atoms with E-state index in [4.69, 9.17) is 4.74 Å². The Kier molecular flexibility index (Phi) is 6.28. The van der Waals surface area contributed by atoms with E-state index in [0.717, 1.165) is 11.1 Å². The minimum absolute atomic E-state index is 0.117. The van der Waals surface area contributed by atoms with Gasteiger partial charge >= 0.3 is 0 Å². The van der Waals surface area contributed by atoms with Gasteiger partial charge in [-0.15, -0.1) is 11.3 Å². The number of nitrogens with one attached hydrogen (secondary N) is 1. The van der Waals surface area contributed by atoms with E-state index in [0.29, 0.717) is 23.0 Å². The predicted molar refractivity (Wildman–Crippen MR) is 114 cm³/mol. The second-order valence-corrected chi connectivity index (χ2v) is 7.45. The van der Waals surface area contributed by atoms with Crippen molar-refractivity contribution in [2.45, 2.75) is 13.2 Å². The number of thiazole rings is 1. The molecule has 2 aromatic heterocycles. The van der Waals surface area contributed by atoms with E-state index in [9.17, 15) is 13.6 Å². The molecule has 0 spiro atoms. The van der Waals surface area contributed by atoms with Crippen molar-refractivity contribution < 1.29 is 18.3 Å². The molecular weight excluding hydrogens is 420 g/mol. The van der Waals surface area contributed by atoms with Crippen LogP contribution in [0.2, 0.25) is 0 Å². The molecule has 1 N–H and O–H groups in total. The van der Waals surface area contributed by atoms with Gasteiger partial charge in [-0.25, -0.2) is 13.8 Å². The van der Waals surface area contributed by atoms with Gasteiger partial charge in [-0.2, -0.15) is 0 Å². The number of benzene rings is 2. The number of aromatic nitrogens is 2. The molecule has 0 aliphatic rings. The summed E-state index contributed by atoms with van der Waals surface area (Å²) in [6.45, 7) is 0.157. The van der Waals surface area contributed by atoms with Crippen LogP contribution in [0.25, 0.3) is 10.6 Å². The minimum Gasteiger partial charge on any atom is -0.489 e. The Balaban J connectivity index is 1.37. The first-order chi connectivity index (χ1) is 15.1. The highest BCUT2D eigenvalue weighted by molar-refractivity contribution is 7.13. The highest BCUT2D eigenvalue weighted by atomic mass is 32.1. The minimum atomic E-state index is -0.645. The third-order valence-electron chi connectivity index (χ3n) is 4.46. The summed E-state index contributed by atoms with van der Waals surface area (Å²) < 4.78 is 32.9. The first-order valence-electron chi connectivity index (χ1n) is 9.39. The van der Waals surface area contributed by atoms with Gasteiger partial charge in [0.2, 0.25) is 0 Å². The number of ether oxygens (including phenoxy) is 1. The molecule has 0 unspecified atom stereocenters. The lowest BCUT2D eigenvalue weighted by atomic mass is 10.2. The summed E-state index contributed by atoms with van der Waals surface area (Å²) in [4.78, 5) is 20.7. The fraction of sp³-hybridized carbons (Fsp3) is 0.0870. The summed E-state index contributed by atoms with van der Waals surface area (Å²) in [7, 11) is 0. The number of amides is 1. The van der Waals surface area contributed by atoms with Crippen molar-refractivity contribution in [3.8, 4) is 16.3 Å². The van der Waals surface area contributed by atoms with Gasteiger partial charge in [-0.05, 0) is 48.0 Å². The van der Waals surface area contributed by atoms with Crippen LogP contribution >= 0.6 is 11.3 Å². The van der Waals surface area contributed by atoms with Crippen LogP contribution in [0.5, 0.6) is 5.75 Å². The molecule has 0 saturated heterocycles. The number of carbonyl (C=O) groups excluding carboxylic acids is 1. The second-order valence-electron chi connectivity index (χ2n) is 6.60. The topological polar surface area (TPSA) is 64.1 Å². The van der Waals surface area contributed by atoms with Crippen LogP contribution in [0.4, 0.5) is 8.78 Å². The molecule has 156 valence electrons. The first-order valence-corrected chi connectivity index (χ1v) is 10.3. The smallest absolute Gasteiger partial charge is 0.271 e. The van der Waals surface area contributed by atoms with E-state index in [-0.39, 0.29) is 18.1 Å². The van der Waals surface area contributed by atoms with Crippen molar-refractivity contribution in [2.75, 3.05) is 0 Å². The Morgan fingerprint density at radius 1 is 1.03 bits per heavy atom. The maximum absolute atomic E-state index is 13.7. The number of hydrogen-bond donors (Lipinski definition) is 1. The average molecular weight is 437 g/mol. The lowest BCUT2D eigenvalue weighted by Crippen LogP contribution is -2.23. The zero-order valence-corrected chi connectivity index (χ0v) is 17.0. The van der Waals surface area contributed by atoms with Crippen LogP contribution in [-0.4, -0.2) is 15.9 Å². The van der Waals surface area contributed by atoms with Gasteiger partial charge in [0.05, 0.1) is 5.56 Å². The van der Waals surface area contributed by atoms with Crippen molar-refractivity contribution >= 4 is 17.2 Å². The summed E-state index contributed by atoms with van der Waals surface area (Å²) in [6, 6.07) is 14.3. The maximum atomic E-state index is 13.7. The zero-order valence-electron chi connectivity index (χ0n) is 16.2. The average Bonchev–Trinajstić information content (AvgIpc) is 3.29. The molecule has 1 amide bonds. The summed E-state index contributed by atoms with van der Waals surface area (Å²) in [6.07, 6.45) is 3.36. The molecule has 0 radical (unpaired) electrons. The van der Waals surface area contributed by atoms with Crippen molar-refractivity contribution in [2.24, 2.45) is 0 Å². The van der Waals surface area contributed by atoms with E-state index in [1.54, 1.807) is 42.0 Å². The molecule has 31 heavy (non-hydrogen) atoms. The van der Waals surface area contributed by atoms with Gasteiger partial charge in [0.25, 0.3) is 5.91 Å². The summed E-state index contributed by atoms with van der Waals surface area (Å²) in [5, 5.41) is 5.19. The predicted octanol–water partition coefficient (Wildman–Crippen LogP) is 4.99. The molecule has 0 aliphatic carbocycles. The fourth-order valence-corrected chi connectivity index (χ4v) is 3.61. The molecule has 0 aliphatic heterocycles. The molecule has 4 rings (SSSR count). The normalized spacial score (nSPS) is 10.6. The van der Waals surface area contributed by atoms with Crippen molar-refractivity contribution in [3.63, 3.8) is 0 Å². The Hall–Kier alpha value is -3.65. The number of rotatable bonds is 7. The third kappa shape index (κ3) is 5.10. The molecule has 8 heteroatoms. The van der Waals surface area contributed by atoms with Crippen LogP contribution in [0.3, 0.4) is 0 Å². The number of nitrogens with zero attached hydrogens (tertiary/aromatic N) is 2. The van der Waals surface area contributed by atoms with E-state index < -0.39 is 11.6 Å². The SMILES string of the molecule is O=C(NCc1cccnc1)c1csc(-c2ccc(OCc3c(F)cccc3F)cc2)n1. The van der Waals surface area contributed by atoms with Crippen LogP contribution in [0.1, 0.15) is 21.6 Å². The molecule has 0 fully saturated rings. The largest absolute Gasteiger partial charge is 0.489 e. The van der Waals surface area contributed by atoms with E-state index in [1.807, 2.05) is 12.1 Å². The lowest BCUT2D eigenvalue weighted by Gasteiger charge is -2.08. The summed E-state index contributed by atoms with van der Waals surface area (Å²) >= 11 is 1.35. The number of carbonyl (C=O) groups is 1. The molecule has 0 bridgehead atoms. The monoisotopic (exact) mass is 437 g/mol. The number of hydrogen-bond acceptors (Lipinski definition) is 5. The van der Waals surface area contributed by atoms with Crippen molar-refractivity contribution in [1.29, 1.82) is 0 Å². The maximum Gasteiger partial charge on any atom is 0.271 e. The highest BCUT2D eigenvalue weighted by Crippen LogP contribution is 2.26. The van der Waals surface area contributed by atoms with Crippen LogP contribution in [0, 0.1) is 11.6 Å². The molecule has 5 nitrogen and oxygen atoms in total. The lowest BCUT2D eigenvalue weighted by molar-refractivity contribution is 0.0946. The van der Waals surface area contributed by atoms with Crippen LogP contribution in [-0.2, 0) is 13.2 Å². The Morgan fingerprint density at radius 3 is 2.52 bits per heavy atom. The van der Waals surface area contributed by atoms with E-state index in [2.05, 4.69) is 15.3 Å². The van der Waals surface area contributed by atoms with Gasteiger partial charge in [0.15, 0.2) is 0 Å². The third-order valence-corrected chi connectivity index (χ3v) is 5.35. The van der Waals surface area contributed by atoms with Crippen molar-refractivity contribution in [1.82, 2.24) is 15.3 Å². The first kappa shape index (κ1) is 20.6. The molecule has 0 atom stereocenters. The highest BCUT2D eigenvalue weighted by Gasteiger charge is 2.13. The number of pyridine rings is 1. The molecule has 2 heterocycles. The summed E-state index contributed by atoms with van der Waals surface area (Å²) in [5.74, 6) is -1.09. The van der Waals surface area contributed by atoms with Gasteiger partial charge in [-0.3, -0.25) is 9.78 Å². The van der Waals surface area contributed by atoms with Gasteiger partial charge in [0, 0.05) is 29.9 Å². The summed E-state index contributed by atoms with van der Waals surface area (Å²) in [5.41, 5.74) is 1.92. The Morgan fingerprint density at radius 2 is 1.81 bits per heavy atom. The zero-order chi connectivity index (χ0) is 21.6. The second kappa shape index (κ2) is 9.44. The standard InChI is InChI=1S/C23H17F2N3O2S/c24-19-4-1-5-20(25)18(19)13-30-17-8-6-16(7-9-17)23-28-21(14-31-23)22(29)27-12-15-3-2-10-26-11-15/h1-11,14H,12-13H2,(H,27,29). The Bertz CT molecular complexity index is 1160. The molecular formula is C23H17F2N3O2S. The molecule has 4 aromatic rings. The molecule has 2 aromatic carbocycles. The fourth-order valence-electron chi connectivity index (χ4n) is 2.81. The molecule has 0 saturated carbocycles.